The zero-order valence-electron chi connectivity index (χ0n) is 10.5. The van der Waals surface area contributed by atoms with E-state index in [1.165, 1.54) is 5.56 Å². The highest BCUT2D eigenvalue weighted by Crippen LogP contribution is 2.22. The molecule has 0 fully saturated rings. The SMILES string of the molecule is O=C(O[C@@H]1CNc2ccccc2C1)c1ccccc1. The lowest BCUT2D eigenvalue weighted by atomic mass is 10.0. The maximum absolute atomic E-state index is 12.0. The number of nitrogens with one attached hydrogen (secondary N) is 1. The van der Waals surface area contributed by atoms with Crippen molar-refractivity contribution in [1.82, 2.24) is 0 Å². The number of ether oxygens (including phenoxy) is 1. The van der Waals surface area contributed by atoms with Gasteiger partial charge in [-0.25, -0.2) is 4.79 Å². The number of hydrogen-bond donors (Lipinski definition) is 1. The molecule has 0 saturated carbocycles. The fourth-order valence-electron chi connectivity index (χ4n) is 2.29. The first-order valence-corrected chi connectivity index (χ1v) is 6.41. The van der Waals surface area contributed by atoms with Crippen molar-refractivity contribution >= 4 is 11.7 Å². The predicted octanol–water partition coefficient (Wildman–Crippen LogP) is 2.88. The Morgan fingerprint density at radius 1 is 1.05 bits per heavy atom. The van der Waals surface area contributed by atoms with Crippen molar-refractivity contribution in [3.05, 3.63) is 65.7 Å². The molecule has 0 unspecified atom stereocenters. The Bertz CT molecular complexity index is 580. The van der Waals surface area contributed by atoms with Gasteiger partial charge in [-0.15, -0.1) is 0 Å². The fourth-order valence-corrected chi connectivity index (χ4v) is 2.29. The molecule has 19 heavy (non-hydrogen) atoms. The van der Waals surface area contributed by atoms with Gasteiger partial charge in [-0.3, -0.25) is 0 Å². The van der Waals surface area contributed by atoms with E-state index in [1.807, 2.05) is 36.4 Å². The number of fused-ring (bicyclic) bond motifs is 1. The Morgan fingerprint density at radius 3 is 2.63 bits per heavy atom. The topological polar surface area (TPSA) is 38.3 Å². The van der Waals surface area contributed by atoms with Gasteiger partial charge in [0.05, 0.1) is 12.1 Å². The van der Waals surface area contributed by atoms with Crippen molar-refractivity contribution in [3.63, 3.8) is 0 Å². The number of carbonyl (C=O) groups is 1. The van der Waals surface area contributed by atoms with Crippen LogP contribution >= 0.6 is 0 Å². The van der Waals surface area contributed by atoms with Crippen LogP contribution in [0.5, 0.6) is 0 Å². The highest BCUT2D eigenvalue weighted by atomic mass is 16.5. The molecule has 1 heterocycles. The highest BCUT2D eigenvalue weighted by molar-refractivity contribution is 5.89. The molecule has 2 aromatic rings. The van der Waals surface area contributed by atoms with E-state index < -0.39 is 0 Å². The quantitative estimate of drug-likeness (QED) is 0.836. The third kappa shape index (κ3) is 2.60. The number of benzene rings is 2. The fraction of sp³-hybridized carbons (Fsp3) is 0.188. The largest absolute Gasteiger partial charge is 0.457 e. The Labute approximate surface area is 112 Å². The monoisotopic (exact) mass is 253 g/mol. The maximum atomic E-state index is 12.0. The lowest BCUT2D eigenvalue weighted by Gasteiger charge is -2.26. The molecule has 3 nitrogen and oxygen atoms in total. The molecule has 0 amide bonds. The number of rotatable bonds is 2. The van der Waals surface area contributed by atoms with Crippen LogP contribution in [0.1, 0.15) is 15.9 Å². The molecule has 0 bridgehead atoms. The lowest BCUT2D eigenvalue weighted by Crippen LogP contribution is -2.32. The van der Waals surface area contributed by atoms with Crippen LogP contribution in [0.2, 0.25) is 0 Å². The van der Waals surface area contributed by atoms with Crippen molar-refractivity contribution in [2.45, 2.75) is 12.5 Å². The van der Waals surface area contributed by atoms with E-state index in [2.05, 4.69) is 11.4 Å². The van der Waals surface area contributed by atoms with Crippen molar-refractivity contribution < 1.29 is 9.53 Å². The summed E-state index contributed by atoms with van der Waals surface area (Å²) in [6.07, 6.45) is 0.657. The number of para-hydroxylation sites is 1. The minimum atomic E-state index is -0.258. The van der Waals surface area contributed by atoms with Gasteiger partial charge in [-0.2, -0.15) is 0 Å². The van der Waals surface area contributed by atoms with Crippen LogP contribution in [0.25, 0.3) is 0 Å². The summed E-state index contributed by atoms with van der Waals surface area (Å²) in [7, 11) is 0. The van der Waals surface area contributed by atoms with E-state index in [0.29, 0.717) is 12.1 Å². The normalized spacial score (nSPS) is 17.2. The van der Waals surface area contributed by atoms with Gasteiger partial charge in [0.2, 0.25) is 0 Å². The zero-order chi connectivity index (χ0) is 13.1. The summed E-state index contributed by atoms with van der Waals surface area (Å²) in [5.74, 6) is -0.258. The Morgan fingerprint density at radius 2 is 1.79 bits per heavy atom. The van der Waals surface area contributed by atoms with Crippen LogP contribution in [-0.4, -0.2) is 18.6 Å². The van der Waals surface area contributed by atoms with Gasteiger partial charge in [0.15, 0.2) is 0 Å². The van der Waals surface area contributed by atoms with Crippen LogP contribution in [0, 0.1) is 0 Å². The van der Waals surface area contributed by atoms with Gasteiger partial charge in [0.25, 0.3) is 0 Å². The molecule has 0 aromatic heterocycles. The second kappa shape index (κ2) is 5.14. The summed E-state index contributed by atoms with van der Waals surface area (Å²) in [4.78, 5) is 12.0. The molecular formula is C16H15NO2. The third-order valence-corrected chi connectivity index (χ3v) is 3.27. The smallest absolute Gasteiger partial charge is 0.338 e. The molecule has 3 rings (SSSR count). The first kappa shape index (κ1) is 11.8. The van der Waals surface area contributed by atoms with E-state index in [4.69, 9.17) is 4.74 Å². The second-order valence-electron chi connectivity index (χ2n) is 4.64. The average Bonchev–Trinajstić information content (AvgIpc) is 2.48. The molecule has 1 aliphatic heterocycles. The third-order valence-electron chi connectivity index (χ3n) is 3.27. The molecule has 2 aromatic carbocycles. The lowest BCUT2D eigenvalue weighted by molar-refractivity contribution is 0.0324. The van der Waals surface area contributed by atoms with E-state index in [9.17, 15) is 4.79 Å². The van der Waals surface area contributed by atoms with Gasteiger partial charge in [-0.1, -0.05) is 36.4 Å². The number of anilines is 1. The average molecular weight is 253 g/mol. The molecule has 0 saturated heterocycles. The van der Waals surface area contributed by atoms with Crippen LogP contribution < -0.4 is 5.32 Å². The Hall–Kier alpha value is -2.29. The summed E-state index contributed by atoms with van der Waals surface area (Å²) in [5.41, 5.74) is 2.93. The molecular weight excluding hydrogens is 238 g/mol. The van der Waals surface area contributed by atoms with Crippen LogP contribution in [0.4, 0.5) is 5.69 Å². The molecule has 0 spiro atoms. The molecule has 3 heteroatoms. The molecule has 0 aliphatic carbocycles. The van der Waals surface area contributed by atoms with Gasteiger partial charge >= 0.3 is 5.97 Å². The first-order valence-electron chi connectivity index (χ1n) is 6.41. The molecule has 1 atom stereocenters. The summed E-state index contributed by atoms with van der Waals surface area (Å²) in [6, 6.07) is 17.2. The number of esters is 1. The van der Waals surface area contributed by atoms with Crippen LogP contribution in [0.3, 0.4) is 0 Å². The zero-order valence-corrected chi connectivity index (χ0v) is 10.5. The maximum Gasteiger partial charge on any atom is 0.338 e. The summed E-state index contributed by atoms with van der Waals surface area (Å²) >= 11 is 0. The van der Waals surface area contributed by atoms with Gasteiger partial charge in [0.1, 0.15) is 6.10 Å². The van der Waals surface area contributed by atoms with Crippen LogP contribution in [-0.2, 0) is 11.2 Å². The van der Waals surface area contributed by atoms with E-state index in [0.717, 1.165) is 12.1 Å². The van der Waals surface area contributed by atoms with Gasteiger partial charge < -0.3 is 10.1 Å². The first-order chi connectivity index (χ1) is 9.33. The minimum Gasteiger partial charge on any atom is -0.457 e. The highest BCUT2D eigenvalue weighted by Gasteiger charge is 2.21. The molecule has 0 radical (unpaired) electrons. The summed E-state index contributed by atoms with van der Waals surface area (Å²) in [5, 5.41) is 3.29. The number of hydrogen-bond acceptors (Lipinski definition) is 3. The van der Waals surface area contributed by atoms with Crippen LogP contribution in [0.15, 0.2) is 54.6 Å². The van der Waals surface area contributed by atoms with Gasteiger partial charge in [0, 0.05) is 12.1 Å². The predicted molar refractivity (Wildman–Crippen MR) is 74.3 cm³/mol. The van der Waals surface area contributed by atoms with Crippen molar-refractivity contribution in [2.24, 2.45) is 0 Å². The molecule has 1 aliphatic rings. The summed E-state index contributed by atoms with van der Waals surface area (Å²) < 4.78 is 5.53. The Kier molecular flexibility index (Phi) is 3.19. The Balaban J connectivity index is 1.68. The number of carbonyl (C=O) groups excluding carboxylic acids is 1. The van der Waals surface area contributed by atoms with Crippen molar-refractivity contribution in [2.75, 3.05) is 11.9 Å². The standard InChI is InChI=1S/C16H15NO2/c18-16(12-6-2-1-3-7-12)19-14-10-13-8-4-5-9-15(13)17-11-14/h1-9,14,17H,10-11H2/t14-/m0/s1. The van der Waals surface area contributed by atoms with E-state index in [-0.39, 0.29) is 12.1 Å². The van der Waals surface area contributed by atoms with E-state index in [1.54, 1.807) is 12.1 Å². The van der Waals surface area contributed by atoms with Crippen molar-refractivity contribution in [3.8, 4) is 0 Å². The van der Waals surface area contributed by atoms with Crippen molar-refractivity contribution in [1.29, 1.82) is 0 Å². The molecule has 96 valence electrons. The second-order valence-corrected chi connectivity index (χ2v) is 4.64. The van der Waals surface area contributed by atoms with E-state index >= 15 is 0 Å². The minimum absolute atomic E-state index is 0.109. The van der Waals surface area contributed by atoms with Gasteiger partial charge in [-0.05, 0) is 23.8 Å². The molecule has 1 N–H and O–H groups in total. The summed E-state index contributed by atoms with van der Waals surface area (Å²) in [6.45, 7) is 0.662.